The number of nitrogens with zero attached hydrogens (tertiary/aromatic N) is 5. The number of nitro groups is 1. The summed E-state index contributed by atoms with van der Waals surface area (Å²) in [6, 6.07) is 24.4. The summed E-state index contributed by atoms with van der Waals surface area (Å²) in [6.07, 6.45) is 4.45. The first-order valence-electron chi connectivity index (χ1n) is 12.2. The van der Waals surface area contributed by atoms with Crippen LogP contribution in [0.5, 0.6) is 0 Å². The van der Waals surface area contributed by atoms with Crippen molar-refractivity contribution in [3.05, 3.63) is 106 Å². The van der Waals surface area contributed by atoms with Gasteiger partial charge in [0.05, 0.1) is 16.2 Å². The van der Waals surface area contributed by atoms with E-state index in [4.69, 9.17) is 0 Å². The minimum absolute atomic E-state index is 0.00497. The van der Waals surface area contributed by atoms with Gasteiger partial charge in [-0.25, -0.2) is 5.43 Å². The molecule has 0 aliphatic heterocycles. The molecule has 4 rings (SSSR count). The number of para-hydroxylation sites is 2. The highest BCUT2D eigenvalue weighted by Crippen LogP contribution is 2.30. The van der Waals surface area contributed by atoms with Gasteiger partial charge in [0.1, 0.15) is 0 Å². The van der Waals surface area contributed by atoms with Crippen molar-refractivity contribution in [3.63, 3.8) is 0 Å². The summed E-state index contributed by atoms with van der Waals surface area (Å²) in [6.45, 7) is 6.51. The van der Waals surface area contributed by atoms with Crippen LogP contribution in [0.15, 0.2) is 95.2 Å². The Labute approximate surface area is 230 Å². The molecule has 0 aliphatic rings. The van der Waals surface area contributed by atoms with Crippen molar-refractivity contribution in [1.82, 2.24) is 20.2 Å². The van der Waals surface area contributed by atoms with Crippen LogP contribution < -0.4 is 5.43 Å². The number of nitrogens with one attached hydrogen (secondary N) is 1. The highest BCUT2D eigenvalue weighted by atomic mass is 32.2. The second-order valence-corrected chi connectivity index (χ2v) is 10.5. The molecule has 9 nitrogen and oxygen atoms in total. The second-order valence-electron chi connectivity index (χ2n) is 9.58. The Morgan fingerprint density at radius 2 is 1.72 bits per heavy atom. The average molecular weight is 541 g/mol. The summed E-state index contributed by atoms with van der Waals surface area (Å²) in [4.78, 5) is 23.1. The smallest absolute Gasteiger partial charge is 0.272 e. The molecule has 198 valence electrons. The Hall–Kier alpha value is -4.57. The van der Waals surface area contributed by atoms with Gasteiger partial charge in [0.15, 0.2) is 11.0 Å². The third kappa shape index (κ3) is 7.05. The number of allylic oxidation sites excluding steroid dienone is 1. The lowest BCUT2D eigenvalue weighted by molar-refractivity contribution is -0.385. The topological polar surface area (TPSA) is 115 Å². The molecule has 0 spiro atoms. The molecular formula is C29H28N6O3S. The summed E-state index contributed by atoms with van der Waals surface area (Å²) >= 11 is 1.25. The van der Waals surface area contributed by atoms with E-state index < -0.39 is 4.92 Å². The van der Waals surface area contributed by atoms with E-state index in [0.29, 0.717) is 16.5 Å². The highest BCUT2D eigenvalue weighted by molar-refractivity contribution is 7.99. The van der Waals surface area contributed by atoms with Crippen molar-refractivity contribution < 1.29 is 9.72 Å². The van der Waals surface area contributed by atoms with Crippen molar-refractivity contribution in [3.8, 4) is 17.1 Å². The van der Waals surface area contributed by atoms with E-state index in [1.807, 2.05) is 47.0 Å². The van der Waals surface area contributed by atoms with Gasteiger partial charge in [-0.2, -0.15) is 5.10 Å². The number of hydrogen-bond donors (Lipinski definition) is 1. The van der Waals surface area contributed by atoms with Crippen LogP contribution in [0.1, 0.15) is 31.9 Å². The zero-order valence-corrected chi connectivity index (χ0v) is 22.6. The van der Waals surface area contributed by atoms with Crippen LogP contribution in [-0.4, -0.2) is 37.6 Å². The molecule has 1 amide bonds. The zero-order chi connectivity index (χ0) is 27.8. The fraction of sp³-hybridized carbons (Fsp3) is 0.172. The fourth-order valence-electron chi connectivity index (χ4n) is 3.74. The lowest BCUT2D eigenvalue weighted by Crippen LogP contribution is -2.19. The third-order valence-corrected chi connectivity index (χ3v) is 6.68. The summed E-state index contributed by atoms with van der Waals surface area (Å²) < 4.78 is 1.93. The van der Waals surface area contributed by atoms with Gasteiger partial charge in [-0.1, -0.05) is 87.1 Å². The normalized spacial score (nSPS) is 11.8. The van der Waals surface area contributed by atoms with Crippen LogP contribution in [0.3, 0.4) is 0 Å². The quantitative estimate of drug-likeness (QED) is 0.120. The van der Waals surface area contributed by atoms with Gasteiger partial charge in [-0.05, 0) is 41.3 Å². The highest BCUT2D eigenvalue weighted by Gasteiger charge is 2.19. The number of carbonyl (C=O) groups excluding carboxylic acids is 1. The van der Waals surface area contributed by atoms with Gasteiger partial charge in [0.25, 0.3) is 11.6 Å². The van der Waals surface area contributed by atoms with Gasteiger partial charge >= 0.3 is 0 Å². The number of benzene rings is 3. The van der Waals surface area contributed by atoms with Gasteiger partial charge < -0.3 is 0 Å². The Kier molecular flexibility index (Phi) is 8.67. The first-order chi connectivity index (χ1) is 18.7. The van der Waals surface area contributed by atoms with Gasteiger partial charge in [0.2, 0.25) is 0 Å². The van der Waals surface area contributed by atoms with Gasteiger partial charge in [-0.15, -0.1) is 10.2 Å². The van der Waals surface area contributed by atoms with Crippen LogP contribution in [0.4, 0.5) is 5.69 Å². The maximum Gasteiger partial charge on any atom is 0.276 e. The fourth-order valence-corrected chi connectivity index (χ4v) is 4.48. The molecule has 0 aliphatic carbocycles. The minimum Gasteiger partial charge on any atom is -0.272 e. The van der Waals surface area contributed by atoms with Gasteiger partial charge in [-0.3, -0.25) is 19.5 Å². The zero-order valence-electron chi connectivity index (χ0n) is 21.8. The maximum absolute atomic E-state index is 12.4. The van der Waals surface area contributed by atoms with E-state index in [1.165, 1.54) is 35.7 Å². The predicted molar refractivity (Wildman–Crippen MR) is 155 cm³/mol. The van der Waals surface area contributed by atoms with Crippen molar-refractivity contribution in [1.29, 1.82) is 0 Å². The van der Waals surface area contributed by atoms with Gasteiger partial charge in [0, 0.05) is 23.5 Å². The molecule has 0 saturated carbocycles. The molecule has 0 saturated heterocycles. The largest absolute Gasteiger partial charge is 0.276 e. The summed E-state index contributed by atoms with van der Waals surface area (Å²) in [5, 5.41) is 24.4. The molecule has 0 unspecified atom stereocenters. The van der Waals surface area contributed by atoms with Crippen molar-refractivity contribution in [2.45, 2.75) is 31.3 Å². The number of hydrogen-bond acceptors (Lipinski definition) is 7. The maximum atomic E-state index is 12.4. The molecule has 0 radical (unpaired) electrons. The van der Waals surface area contributed by atoms with E-state index in [0.717, 1.165) is 11.3 Å². The average Bonchev–Trinajstić information content (AvgIpc) is 3.36. The van der Waals surface area contributed by atoms with Crippen molar-refractivity contribution in [2.24, 2.45) is 5.10 Å². The third-order valence-electron chi connectivity index (χ3n) is 5.75. The van der Waals surface area contributed by atoms with Crippen LogP contribution in [0, 0.1) is 10.1 Å². The number of rotatable bonds is 9. The van der Waals surface area contributed by atoms with Crippen molar-refractivity contribution in [2.75, 3.05) is 5.75 Å². The number of amides is 1. The van der Waals surface area contributed by atoms with Crippen molar-refractivity contribution >= 4 is 35.6 Å². The molecule has 0 atom stereocenters. The monoisotopic (exact) mass is 540 g/mol. The van der Waals surface area contributed by atoms with E-state index in [2.05, 4.69) is 53.6 Å². The second kappa shape index (κ2) is 12.3. The minimum atomic E-state index is -0.448. The molecular weight excluding hydrogens is 512 g/mol. The summed E-state index contributed by atoms with van der Waals surface area (Å²) in [5.41, 5.74) is 5.97. The van der Waals surface area contributed by atoms with E-state index in [-0.39, 0.29) is 22.8 Å². The SMILES string of the molecule is CC(C)(C)c1ccc(-c2nnc(SCC(=O)NN=CC=Cc3ccccc3[N+](=O)[O-])n2-c2ccccc2)cc1. The Morgan fingerprint density at radius 1 is 1.03 bits per heavy atom. The molecule has 39 heavy (non-hydrogen) atoms. The Balaban J connectivity index is 1.45. The van der Waals surface area contributed by atoms with E-state index >= 15 is 0 Å². The number of nitro benzene ring substituents is 1. The molecule has 3 aromatic carbocycles. The number of carbonyl (C=O) groups is 1. The number of hydrazone groups is 1. The lowest BCUT2D eigenvalue weighted by Gasteiger charge is -2.19. The Morgan fingerprint density at radius 3 is 2.41 bits per heavy atom. The van der Waals surface area contributed by atoms with E-state index in [9.17, 15) is 14.9 Å². The van der Waals surface area contributed by atoms with Crippen LogP contribution in [0.25, 0.3) is 23.2 Å². The lowest BCUT2D eigenvalue weighted by atomic mass is 9.87. The van der Waals surface area contributed by atoms with Crippen LogP contribution in [0.2, 0.25) is 0 Å². The molecule has 1 aromatic heterocycles. The molecule has 10 heteroatoms. The summed E-state index contributed by atoms with van der Waals surface area (Å²) in [7, 11) is 0. The van der Waals surface area contributed by atoms with Crippen LogP contribution >= 0.6 is 11.8 Å². The molecule has 0 fully saturated rings. The molecule has 4 aromatic rings. The first kappa shape index (κ1) is 27.5. The molecule has 1 N–H and O–H groups in total. The standard InChI is InChI=1S/C29H28N6O3S/c1-29(2,3)23-17-15-22(16-18-23)27-32-33-28(34(27)24-12-5-4-6-13-24)39-20-26(36)31-30-19-9-11-21-10-7-8-14-25(21)35(37)38/h4-19H,20H2,1-3H3,(H,31,36). The summed E-state index contributed by atoms with van der Waals surface area (Å²) in [5.74, 6) is 0.427. The molecule has 1 heterocycles. The number of thioether (sulfide) groups is 1. The predicted octanol–water partition coefficient (Wildman–Crippen LogP) is 6.05. The molecule has 0 bridgehead atoms. The Bertz CT molecular complexity index is 1510. The van der Waals surface area contributed by atoms with E-state index in [1.54, 1.807) is 24.3 Å². The number of aromatic nitrogens is 3. The van der Waals surface area contributed by atoms with Crippen LogP contribution in [-0.2, 0) is 10.2 Å². The first-order valence-corrected chi connectivity index (χ1v) is 13.2.